The maximum absolute atomic E-state index is 6.26. The average Bonchev–Trinajstić information content (AvgIpc) is 2.75. The Bertz CT molecular complexity index is 495. The molecular weight excluding hydrogens is 248 g/mol. The van der Waals surface area contributed by atoms with Gasteiger partial charge in [0.25, 0.3) is 0 Å². The third-order valence-electron chi connectivity index (χ3n) is 2.85. The lowest BCUT2D eigenvalue weighted by atomic mass is 10.1. The highest BCUT2D eigenvalue weighted by molar-refractivity contribution is 6.31. The van der Waals surface area contributed by atoms with Crippen molar-refractivity contribution in [3.05, 3.63) is 47.0 Å². The number of halogens is 1. The Morgan fingerprint density at radius 1 is 1.44 bits per heavy atom. The van der Waals surface area contributed by atoms with E-state index in [4.69, 9.17) is 11.6 Å². The Morgan fingerprint density at radius 3 is 2.89 bits per heavy atom. The standard InChI is InChI=1S/C13H17ClN4/c1-3-7-18-13(11(14)9-17-18)12(15-2)10-5-4-6-16-8-10/h4-6,8-9,12,15H,3,7H2,1-2H3. The van der Waals surface area contributed by atoms with E-state index in [0.29, 0.717) is 5.02 Å². The molecule has 0 aliphatic heterocycles. The van der Waals surface area contributed by atoms with Crippen LogP contribution in [0.4, 0.5) is 0 Å². The summed E-state index contributed by atoms with van der Waals surface area (Å²) in [4.78, 5) is 4.16. The minimum absolute atomic E-state index is 0.0141. The van der Waals surface area contributed by atoms with Gasteiger partial charge in [0.15, 0.2) is 0 Å². The van der Waals surface area contributed by atoms with E-state index >= 15 is 0 Å². The summed E-state index contributed by atoms with van der Waals surface area (Å²) in [6.45, 7) is 2.98. The molecule has 2 rings (SSSR count). The van der Waals surface area contributed by atoms with Crippen LogP contribution in [0.25, 0.3) is 0 Å². The van der Waals surface area contributed by atoms with Crippen molar-refractivity contribution in [1.29, 1.82) is 0 Å². The zero-order valence-electron chi connectivity index (χ0n) is 10.6. The van der Waals surface area contributed by atoms with Gasteiger partial charge in [-0.15, -0.1) is 0 Å². The number of nitrogens with zero attached hydrogens (tertiary/aromatic N) is 3. The number of aryl methyl sites for hydroxylation is 1. The first-order valence-electron chi connectivity index (χ1n) is 6.06. The van der Waals surface area contributed by atoms with Crippen molar-refractivity contribution < 1.29 is 0 Å². The number of pyridine rings is 1. The lowest BCUT2D eigenvalue weighted by Crippen LogP contribution is -2.22. The van der Waals surface area contributed by atoms with Gasteiger partial charge < -0.3 is 5.32 Å². The molecule has 1 atom stereocenters. The van der Waals surface area contributed by atoms with Crippen LogP contribution in [0, 0.1) is 0 Å². The van der Waals surface area contributed by atoms with E-state index in [2.05, 4.69) is 22.3 Å². The topological polar surface area (TPSA) is 42.7 Å². The molecule has 5 heteroatoms. The van der Waals surface area contributed by atoms with Gasteiger partial charge >= 0.3 is 0 Å². The minimum Gasteiger partial charge on any atom is -0.308 e. The smallest absolute Gasteiger partial charge is 0.0837 e. The monoisotopic (exact) mass is 264 g/mol. The van der Waals surface area contributed by atoms with Crippen molar-refractivity contribution in [3.8, 4) is 0 Å². The van der Waals surface area contributed by atoms with E-state index in [1.165, 1.54) is 0 Å². The molecule has 0 bridgehead atoms. The summed E-state index contributed by atoms with van der Waals surface area (Å²) < 4.78 is 1.95. The molecule has 2 aromatic heterocycles. The average molecular weight is 265 g/mol. The molecule has 18 heavy (non-hydrogen) atoms. The van der Waals surface area contributed by atoms with Crippen LogP contribution >= 0.6 is 11.6 Å². The summed E-state index contributed by atoms with van der Waals surface area (Å²) in [5.41, 5.74) is 2.08. The van der Waals surface area contributed by atoms with Gasteiger partial charge in [-0.2, -0.15) is 5.10 Å². The molecule has 0 fully saturated rings. The van der Waals surface area contributed by atoms with Gasteiger partial charge in [-0.3, -0.25) is 9.67 Å². The zero-order chi connectivity index (χ0) is 13.0. The van der Waals surface area contributed by atoms with Gasteiger partial charge in [0.2, 0.25) is 0 Å². The van der Waals surface area contributed by atoms with Gasteiger partial charge in [0.1, 0.15) is 0 Å². The lowest BCUT2D eigenvalue weighted by Gasteiger charge is -2.18. The van der Waals surface area contributed by atoms with Gasteiger partial charge in [-0.05, 0) is 25.1 Å². The van der Waals surface area contributed by atoms with Crippen molar-refractivity contribution in [3.63, 3.8) is 0 Å². The molecule has 96 valence electrons. The van der Waals surface area contributed by atoms with E-state index in [1.54, 1.807) is 12.4 Å². The lowest BCUT2D eigenvalue weighted by molar-refractivity contribution is 0.534. The number of hydrogen-bond donors (Lipinski definition) is 1. The van der Waals surface area contributed by atoms with E-state index in [0.717, 1.165) is 24.2 Å². The summed E-state index contributed by atoms with van der Waals surface area (Å²) >= 11 is 6.26. The van der Waals surface area contributed by atoms with E-state index < -0.39 is 0 Å². The largest absolute Gasteiger partial charge is 0.308 e. The van der Waals surface area contributed by atoms with Crippen LogP contribution in [-0.2, 0) is 6.54 Å². The molecule has 0 aromatic carbocycles. The van der Waals surface area contributed by atoms with Crippen LogP contribution in [-0.4, -0.2) is 21.8 Å². The first-order valence-corrected chi connectivity index (χ1v) is 6.44. The Hall–Kier alpha value is -1.39. The van der Waals surface area contributed by atoms with E-state index in [-0.39, 0.29) is 6.04 Å². The number of nitrogens with one attached hydrogen (secondary N) is 1. The molecule has 2 heterocycles. The fraction of sp³-hybridized carbons (Fsp3) is 0.385. The second-order valence-corrected chi connectivity index (χ2v) is 4.52. The van der Waals surface area contributed by atoms with Gasteiger partial charge in [-0.1, -0.05) is 24.6 Å². The molecule has 2 aromatic rings. The summed E-state index contributed by atoms with van der Waals surface area (Å²) in [7, 11) is 1.91. The fourth-order valence-corrected chi connectivity index (χ4v) is 2.31. The van der Waals surface area contributed by atoms with Crippen LogP contribution < -0.4 is 5.32 Å². The quantitative estimate of drug-likeness (QED) is 0.903. The Kier molecular flexibility index (Phi) is 4.33. The Morgan fingerprint density at radius 2 is 2.28 bits per heavy atom. The molecule has 0 aliphatic carbocycles. The molecule has 4 nitrogen and oxygen atoms in total. The molecule has 0 saturated carbocycles. The second-order valence-electron chi connectivity index (χ2n) is 4.11. The van der Waals surface area contributed by atoms with Crippen LogP contribution in [0.3, 0.4) is 0 Å². The summed E-state index contributed by atoms with van der Waals surface area (Å²) in [5, 5.41) is 8.29. The molecular formula is C13H17ClN4. The first-order chi connectivity index (χ1) is 8.77. The third kappa shape index (κ3) is 2.54. The molecule has 0 saturated heterocycles. The van der Waals surface area contributed by atoms with Gasteiger partial charge in [-0.25, -0.2) is 0 Å². The van der Waals surface area contributed by atoms with Crippen molar-refractivity contribution in [2.75, 3.05) is 7.05 Å². The molecule has 1 N–H and O–H groups in total. The van der Waals surface area contributed by atoms with Crippen LogP contribution in [0.1, 0.15) is 30.6 Å². The predicted octanol–water partition coefficient (Wildman–Crippen LogP) is 2.65. The molecule has 0 aliphatic rings. The maximum atomic E-state index is 6.26. The van der Waals surface area contributed by atoms with Crippen molar-refractivity contribution >= 4 is 11.6 Å². The van der Waals surface area contributed by atoms with Gasteiger partial charge in [0, 0.05) is 18.9 Å². The fourth-order valence-electron chi connectivity index (χ4n) is 2.06. The highest BCUT2D eigenvalue weighted by Gasteiger charge is 2.20. The second kappa shape index (κ2) is 5.98. The molecule has 0 spiro atoms. The van der Waals surface area contributed by atoms with Crippen molar-refractivity contribution in [2.45, 2.75) is 25.9 Å². The Balaban J connectivity index is 2.41. The molecule has 0 radical (unpaired) electrons. The van der Waals surface area contributed by atoms with Gasteiger partial charge in [0.05, 0.1) is 23.0 Å². The summed E-state index contributed by atoms with van der Waals surface area (Å²) in [6, 6.07) is 3.97. The van der Waals surface area contributed by atoms with E-state index in [1.807, 2.05) is 30.1 Å². The van der Waals surface area contributed by atoms with Crippen LogP contribution in [0.5, 0.6) is 0 Å². The van der Waals surface area contributed by atoms with Crippen LogP contribution in [0.15, 0.2) is 30.7 Å². The number of aromatic nitrogens is 3. The minimum atomic E-state index is 0.0141. The maximum Gasteiger partial charge on any atom is 0.0837 e. The SMILES string of the molecule is CCCn1ncc(Cl)c1C(NC)c1cccnc1. The zero-order valence-corrected chi connectivity index (χ0v) is 11.4. The highest BCUT2D eigenvalue weighted by Crippen LogP contribution is 2.27. The predicted molar refractivity (Wildman–Crippen MR) is 72.7 cm³/mol. The summed E-state index contributed by atoms with van der Waals surface area (Å²) in [6.07, 6.45) is 6.34. The Labute approximate surface area is 112 Å². The normalized spacial score (nSPS) is 12.6. The van der Waals surface area contributed by atoms with E-state index in [9.17, 15) is 0 Å². The van der Waals surface area contributed by atoms with Crippen LogP contribution in [0.2, 0.25) is 5.02 Å². The molecule has 0 amide bonds. The van der Waals surface area contributed by atoms with Crippen molar-refractivity contribution in [2.24, 2.45) is 0 Å². The molecule has 1 unspecified atom stereocenters. The first kappa shape index (κ1) is 13.1. The number of rotatable bonds is 5. The summed E-state index contributed by atoms with van der Waals surface area (Å²) in [5.74, 6) is 0. The third-order valence-corrected chi connectivity index (χ3v) is 3.14. The highest BCUT2D eigenvalue weighted by atomic mass is 35.5. The number of hydrogen-bond acceptors (Lipinski definition) is 3. The van der Waals surface area contributed by atoms with Crippen molar-refractivity contribution in [1.82, 2.24) is 20.1 Å².